The van der Waals surface area contributed by atoms with Crippen molar-refractivity contribution >= 4 is 166 Å². The van der Waals surface area contributed by atoms with Crippen LogP contribution in [0.1, 0.15) is 155 Å². The van der Waals surface area contributed by atoms with Gasteiger partial charge in [-0.25, -0.2) is 0 Å². The smallest absolute Gasteiger partial charge is 0.252 e. The van der Waals surface area contributed by atoms with Crippen molar-refractivity contribution in [3.63, 3.8) is 0 Å². The number of rotatable bonds is 8. The third-order valence-electron chi connectivity index (χ3n) is 27.8. The molecule has 21 aromatic rings. The Morgan fingerprint density at radius 1 is 0.269 bits per heavy atom. The van der Waals surface area contributed by atoms with Crippen LogP contribution in [-0.4, -0.2) is 29.5 Å². The molecule has 2 aliphatic rings. The Balaban J connectivity index is 0.914. The van der Waals surface area contributed by atoms with Crippen molar-refractivity contribution in [1.29, 1.82) is 15.8 Å². The van der Waals surface area contributed by atoms with E-state index in [0.717, 1.165) is 171 Å². The first-order chi connectivity index (χ1) is 64.6. The summed E-state index contributed by atoms with van der Waals surface area (Å²) in [6.45, 7) is 33.3. The van der Waals surface area contributed by atoms with Crippen LogP contribution in [0.4, 0.5) is 34.1 Å². The summed E-state index contributed by atoms with van der Waals surface area (Å²) in [6, 6.07) is 108. The highest BCUT2D eigenvalue weighted by atomic mass is 15.2. The average Bonchev–Trinajstić information content (AvgIpc) is 1.54. The Morgan fingerprint density at radius 3 is 1.03 bits per heavy atom. The van der Waals surface area contributed by atoms with E-state index in [9.17, 15) is 21.3 Å². The highest BCUT2D eigenvalue weighted by molar-refractivity contribution is 7.00. The van der Waals surface area contributed by atoms with Gasteiger partial charge in [-0.05, 0) is 241 Å². The Bertz CT molecular complexity index is 8700. The predicted octanol–water partition coefficient (Wildman–Crippen LogP) is 29.0. The zero-order valence-electron chi connectivity index (χ0n) is 80.7. The number of benzene rings is 16. The van der Waals surface area contributed by atoms with Gasteiger partial charge in [-0.15, -0.1) is 0 Å². The van der Waals surface area contributed by atoms with Gasteiger partial charge < -0.3 is 32.6 Å². The highest BCUT2D eigenvalue weighted by Crippen LogP contribution is 2.53. The Hall–Kier alpha value is -15.3. The van der Waals surface area contributed by atoms with Crippen LogP contribution in [0.25, 0.3) is 149 Å². The number of para-hydroxylation sites is 4. The van der Waals surface area contributed by atoms with E-state index in [4.69, 9.17) is 1.37 Å². The molecule has 0 N–H and O–H groups in total. The molecule has 0 aliphatic carbocycles. The lowest BCUT2D eigenvalue weighted by Gasteiger charge is -2.45. The summed E-state index contributed by atoms with van der Waals surface area (Å²) in [6.07, 6.45) is 0. The molecule has 16 aromatic carbocycles. The molecule has 11 heteroatoms. The monoisotopic (exact) mass is 1680 g/mol. The summed E-state index contributed by atoms with van der Waals surface area (Å²) < 4.78 is 59.3. The molecule has 23 rings (SSSR count). The first kappa shape index (κ1) is 73.8. The Labute approximate surface area is 765 Å². The fourth-order valence-electron chi connectivity index (χ4n) is 21.2. The maximum atomic E-state index is 13.3. The number of aromatic nitrogens is 5. The van der Waals surface area contributed by atoms with Crippen LogP contribution < -0.4 is 26.2 Å². The molecule has 0 unspecified atom stereocenters. The van der Waals surface area contributed by atoms with E-state index in [1.807, 2.05) is 66.7 Å². The van der Waals surface area contributed by atoms with Crippen LogP contribution in [0, 0.1) is 34.0 Å². The Kier molecular flexibility index (Phi) is 16.1. The molecule has 0 amide bonds. The third kappa shape index (κ3) is 12.0. The van der Waals surface area contributed by atoms with Crippen LogP contribution >= 0.6 is 0 Å². The van der Waals surface area contributed by atoms with Crippen molar-refractivity contribution in [2.75, 3.05) is 9.80 Å². The van der Waals surface area contributed by atoms with Crippen molar-refractivity contribution in [3.05, 3.63) is 360 Å². The zero-order chi connectivity index (χ0) is 93.8. The molecule has 2 aliphatic heterocycles. The summed E-state index contributed by atoms with van der Waals surface area (Å²) in [4.78, 5) is 4.71. The summed E-state index contributed by atoms with van der Waals surface area (Å²) in [5.41, 5.74) is 26.1. The first-order valence-electron chi connectivity index (χ1n) is 47.5. The van der Waals surface area contributed by atoms with Gasteiger partial charge in [-0.2, -0.15) is 15.8 Å². The number of anilines is 6. The zero-order valence-corrected chi connectivity index (χ0v) is 75.7. The number of hydrogen-bond acceptors (Lipinski definition) is 5. The van der Waals surface area contributed by atoms with Crippen LogP contribution in [0.3, 0.4) is 0 Å². The first-order valence-corrected chi connectivity index (χ1v) is 45.0. The second-order valence-electron chi connectivity index (χ2n) is 40.8. The van der Waals surface area contributed by atoms with E-state index in [1.165, 1.54) is 22.3 Å². The lowest BCUT2D eigenvalue weighted by atomic mass is 9.33. The quantitative estimate of drug-likeness (QED) is 0.141. The minimum Gasteiger partial charge on any atom is -0.311 e. The summed E-state index contributed by atoms with van der Waals surface area (Å²) in [5.74, 6) is 0. The molecule has 0 saturated carbocycles. The molecule has 0 bridgehead atoms. The van der Waals surface area contributed by atoms with Crippen LogP contribution in [0.15, 0.2) is 315 Å². The van der Waals surface area contributed by atoms with Gasteiger partial charge in [0, 0.05) is 99.2 Å². The van der Waals surface area contributed by atoms with Crippen molar-refractivity contribution in [2.24, 2.45) is 0 Å². The molecule has 0 spiro atoms. The van der Waals surface area contributed by atoms with E-state index in [1.54, 1.807) is 0 Å². The van der Waals surface area contributed by atoms with E-state index in [0.29, 0.717) is 33.9 Å². The molecule has 10 nitrogen and oxygen atoms in total. The molecule has 130 heavy (non-hydrogen) atoms. The van der Waals surface area contributed by atoms with Crippen molar-refractivity contribution in [3.8, 4) is 57.8 Å². The maximum absolute atomic E-state index is 13.3. The lowest BCUT2D eigenvalue weighted by molar-refractivity contribution is 0.590. The predicted molar refractivity (Wildman–Crippen MR) is 545 cm³/mol. The number of nitrogens with zero attached hydrogens (tertiary/aromatic N) is 10. The van der Waals surface area contributed by atoms with Crippen LogP contribution in [-0.2, 0) is 27.1 Å². The van der Waals surface area contributed by atoms with Gasteiger partial charge in [0.2, 0.25) is 0 Å². The minimum absolute atomic E-state index is 0.0580. The molecule has 0 radical (unpaired) electrons. The van der Waals surface area contributed by atoms with E-state index in [2.05, 4.69) is 373 Å². The second kappa shape index (κ2) is 28.3. The summed E-state index contributed by atoms with van der Waals surface area (Å²) in [5, 5.41) is 46.4. The fraction of sp³-hybridized carbons (Fsp3) is 0.168. The molecule has 0 saturated heterocycles. The average molecular weight is 1680 g/mol. The standard InChI is InChI=1S/C119H97BN10/c1-115(2,3)74-43-55-106-89(58-74)88-57-71(68-121)37-50-101(88)127(106)82-66-111-113-112(67-82)129(107-56-47-83(72-27-17-16-18-28-72)114(94(107)70-123)130-99-35-25-21-31-86(99)87-32-22-26-36-100(87)130)110-65-81(125-104-53-41-77(118(10,11)12)61-92(104)93-62-78(119(13,14)15)42-54-105(93)125)46-49-96(110)120(113)95-48-45-80(124-102-51-39-75(116(4,5)6)59-90(102)91-60-76(117(7,8)9)40-52-103(91)124)64-109(95)126(111)79-44-38-73(69-122)108(63-79)128-97-33-23-19-29-84(97)85-30-20-24-34-98(85)128/h16-67H,1-15H3/i16D,17D,18D,27D,28D. The molecular formula is C119H97BN10. The lowest BCUT2D eigenvalue weighted by Crippen LogP contribution is -2.61. The van der Waals surface area contributed by atoms with Gasteiger partial charge in [0.05, 0.1) is 102 Å². The van der Waals surface area contributed by atoms with Crippen LogP contribution in [0.2, 0.25) is 0 Å². The molecular weight excluding hydrogens is 1580 g/mol. The van der Waals surface area contributed by atoms with E-state index >= 15 is 0 Å². The van der Waals surface area contributed by atoms with E-state index in [-0.39, 0.29) is 43.8 Å². The molecule has 626 valence electrons. The number of fused-ring (bicyclic) bond motifs is 19. The van der Waals surface area contributed by atoms with E-state index < -0.39 is 36.9 Å². The largest absolute Gasteiger partial charge is 0.311 e. The molecule has 7 heterocycles. The summed E-state index contributed by atoms with van der Waals surface area (Å²) >= 11 is 0. The number of hydrogen-bond donors (Lipinski definition) is 0. The van der Waals surface area contributed by atoms with Gasteiger partial charge >= 0.3 is 0 Å². The van der Waals surface area contributed by atoms with Crippen molar-refractivity contribution < 1.29 is 6.85 Å². The topological polar surface area (TPSA) is 102 Å². The van der Waals surface area contributed by atoms with Gasteiger partial charge in [0.25, 0.3) is 6.71 Å². The van der Waals surface area contributed by atoms with Gasteiger partial charge in [-0.3, -0.25) is 0 Å². The minimum atomic E-state index is -0.595. The molecule has 0 atom stereocenters. The van der Waals surface area contributed by atoms with Gasteiger partial charge in [0.1, 0.15) is 17.7 Å². The maximum Gasteiger partial charge on any atom is 0.252 e. The molecule has 5 aromatic heterocycles. The van der Waals surface area contributed by atoms with Gasteiger partial charge in [-0.1, -0.05) is 255 Å². The van der Waals surface area contributed by atoms with Gasteiger partial charge in [0.15, 0.2) is 0 Å². The fourth-order valence-corrected chi connectivity index (χ4v) is 21.2. The van der Waals surface area contributed by atoms with Crippen LogP contribution in [0.5, 0.6) is 0 Å². The van der Waals surface area contributed by atoms with Crippen molar-refractivity contribution in [1.82, 2.24) is 22.8 Å². The normalized spacial score (nSPS) is 13.7. The second-order valence-corrected chi connectivity index (χ2v) is 40.8. The number of nitriles is 3. The van der Waals surface area contributed by atoms with Crippen molar-refractivity contribution in [2.45, 2.75) is 131 Å². The Morgan fingerprint density at radius 2 is 0.623 bits per heavy atom. The highest BCUT2D eigenvalue weighted by Gasteiger charge is 2.46. The molecule has 0 fully saturated rings. The SMILES string of the molecule is [2H]c1c([2H])c([2H])c(-c2ccc(N3c4cc(-n5c6ccc(C(C)(C)C)cc6c6cc(C(C)(C)C)ccc65)ccc4B4c5ccc(-n6c7ccc(C(C)(C)C)cc7c7cc(C(C)(C)C)ccc76)cc5N(c5ccc(C#N)c(-n6c7ccccc7c7ccccc76)c5)c5cc(-n6c7ccc(C#N)cc7c7cc(C(C)(C)C)ccc76)cc3c54)c(C#N)c2-n2c3ccccc3c3ccccc32)c([2H])c1[2H]. The summed E-state index contributed by atoms with van der Waals surface area (Å²) in [7, 11) is 0. The third-order valence-corrected chi connectivity index (χ3v) is 27.8.